The molecule has 0 spiro atoms. The second-order valence-corrected chi connectivity index (χ2v) is 3.70. The first-order chi connectivity index (χ1) is 8.28. The van der Waals surface area contributed by atoms with E-state index in [0.29, 0.717) is 38.0 Å². The van der Waals surface area contributed by atoms with Crippen LogP contribution < -0.4 is 16.4 Å². The molecule has 1 aromatic rings. The van der Waals surface area contributed by atoms with Gasteiger partial charge in [0.2, 0.25) is 5.95 Å². The molecular weight excluding hydrogens is 222 g/mol. The number of hydrogen-bond acceptors (Lipinski definition) is 7. The Morgan fingerprint density at radius 3 is 2.94 bits per heavy atom. The molecule has 1 unspecified atom stereocenters. The van der Waals surface area contributed by atoms with Gasteiger partial charge in [-0.2, -0.15) is 9.97 Å². The molecule has 0 amide bonds. The van der Waals surface area contributed by atoms with Crippen LogP contribution in [-0.2, 0) is 9.47 Å². The molecule has 1 fully saturated rings. The van der Waals surface area contributed by atoms with E-state index in [1.807, 2.05) is 0 Å². The van der Waals surface area contributed by atoms with Gasteiger partial charge in [-0.1, -0.05) is 0 Å². The lowest BCUT2D eigenvalue weighted by molar-refractivity contribution is -0.0819. The Kier molecular flexibility index (Phi) is 3.94. The zero-order valence-electron chi connectivity index (χ0n) is 9.77. The van der Waals surface area contributed by atoms with Crippen LogP contribution >= 0.6 is 0 Å². The molecule has 2 heterocycles. The summed E-state index contributed by atoms with van der Waals surface area (Å²) in [7, 11) is 1.78. The maximum Gasteiger partial charge on any atom is 0.223 e. The van der Waals surface area contributed by atoms with Gasteiger partial charge in [0.15, 0.2) is 0 Å². The molecule has 1 aromatic heterocycles. The lowest BCUT2D eigenvalue weighted by atomic mass is 10.3. The second kappa shape index (κ2) is 5.65. The number of nitrogens with two attached hydrogens (primary N) is 1. The van der Waals surface area contributed by atoms with Crippen molar-refractivity contribution < 1.29 is 9.47 Å². The Bertz CT molecular complexity index is 368. The Morgan fingerprint density at radius 1 is 1.41 bits per heavy atom. The molecule has 4 N–H and O–H groups in total. The van der Waals surface area contributed by atoms with Crippen LogP contribution in [0, 0.1) is 0 Å². The van der Waals surface area contributed by atoms with Gasteiger partial charge >= 0.3 is 0 Å². The van der Waals surface area contributed by atoms with Crippen molar-refractivity contribution in [1.29, 1.82) is 0 Å². The molecule has 0 aromatic carbocycles. The lowest BCUT2D eigenvalue weighted by Gasteiger charge is -2.23. The molecular formula is C10H17N5O2. The molecule has 0 radical (unpaired) electrons. The Morgan fingerprint density at radius 2 is 2.24 bits per heavy atom. The first kappa shape index (κ1) is 11.9. The van der Waals surface area contributed by atoms with Crippen LogP contribution in [0.1, 0.15) is 0 Å². The SMILES string of the molecule is CNc1cc(NCC2COCCO2)nc(N)n1. The third kappa shape index (κ3) is 3.43. The highest BCUT2D eigenvalue weighted by Gasteiger charge is 2.14. The van der Waals surface area contributed by atoms with E-state index in [0.717, 1.165) is 0 Å². The van der Waals surface area contributed by atoms with Gasteiger partial charge in [-0.15, -0.1) is 0 Å². The van der Waals surface area contributed by atoms with Crippen molar-refractivity contribution in [3.63, 3.8) is 0 Å². The number of hydrogen-bond donors (Lipinski definition) is 3. The van der Waals surface area contributed by atoms with Crippen molar-refractivity contribution in [2.75, 3.05) is 49.8 Å². The summed E-state index contributed by atoms with van der Waals surface area (Å²) in [5.41, 5.74) is 5.59. The van der Waals surface area contributed by atoms with Crippen LogP contribution in [0.5, 0.6) is 0 Å². The number of aromatic nitrogens is 2. The smallest absolute Gasteiger partial charge is 0.223 e. The van der Waals surface area contributed by atoms with Gasteiger partial charge in [-0.3, -0.25) is 0 Å². The quantitative estimate of drug-likeness (QED) is 0.677. The largest absolute Gasteiger partial charge is 0.376 e. The fourth-order valence-corrected chi connectivity index (χ4v) is 1.56. The van der Waals surface area contributed by atoms with Crippen molar-refractivity contribution >= 4 is 17.6 Å². The van der Waals surface area contributed by atoms with E-state index in [-0.39, 0.29) is 12.1 Å². The molecule has 0 saturated carbocycles. The Balaban J connectivity index is 1.91. The molecule has 17 heavy (non-hydrogen) atoms. The van der Waals surface area contributed by atoms with Crippen molar-refractivity contribution in [3.05, 3.63) is 6.07 Å². The van der Waals surface area contributed by atoms with Crippen LogP contribution in [0.25, 0.3) is 0 Å². The summed E-state index contributed by atoms with van der Waals surface area (Å²) >= 11 is 0. The van der Waals surface area contributed by atoms with Gasteiger partial charge in [0.05, 0.1) is 25.9 Å². The third-order valence-corrected chi connectivity index (χ3v) is 2.40. The molecule has 94 valence electrons. The van der Waals surface area contributed by atoms with Crippen LogP contribution in [0.15, 0.2) is 6.07 Å². The molecule has 1 saturated heterocycles. The predicted molar refractivity (Wildman–Crippen MR) is 65.0 cm³/mol. The van der Waals surface area contributed by atoms with Crippen LogP contribution in [-0.4, -0.2) is 49.5 Å². The average Bonchev–Trinajstić information content (AvgIpc) is 2.37. The summed E-state index contributed by atoms with van der Waals surface area (Å²) in [6.07, 6.45) is 0.0537. The normalized spacial score (nSPS) is 19.9. The molecule has 0 bridgehead atoms. The van der Waals surface area contributed by atoms with Gasteiger partial charge in [-0.25, -0.2) is 0 Å². The standard InChI is InChI=1S/C10H17N5O2/c1-12-8-4-9(15-10(11)14-8)13-5-7-6-16-2-3-17-7/h4,7H,2-3,5-6H2,1H3,(H4,11,12,13,14,15). The topological polar surface area (TPSA) is 94.3 Å². The van der Waals surface area contributed by atoms with Crippen LogP contribution in [0.4, 0.5) is 17.6 Å². The highest BCUT2D eigenvalue weighted by Crippen LogP contribution is 2.12. The van der Waals surface area contributed by atoms with E-state index in [2.05, 4.69) is 20.6 Å². The third-order valence-electron chi connectivity index (χ3n) is 2.40. The summed E-state index contributed by atoms with van der Waals surface area (Å²) in [6.45, 7) is 2.55. The summed E-state index contributed by atoms with van der Waals surface area (Å²) < 4.78 is 10.8. The molecule has 2 rings (SSSR count). The van der Waals surface area contributed by atoms with E-state index < -0.39 is 0 Å². The number of ether oxygens (including phenoxy) is 2. The molecule has 1 aliphatic heterocycles. The monoisotopic (exact) mass is 239 g/mol. The van der Waals surface area contributed by atoms with E-state index in [1.54, 1.807) is 13.1 Å². The summed E-state index contributed by atoms with van der Waals surface area (Å²) in [6, 6.07) is 1.79. The number of rotatable bonds is 4. The predicted octanol–water partition coefficient (Wildman–Crippen LogP) is -0.0722. The van der Waals surface area contributed by atoms with E-state index in [1.165, 1.54) is 0 Å². The minimum atomic E-state index is 0.0537. The number of nitrogen functional groups attached to an aromatic ring is 1. The highest BCUT2D eigenvalue weighted by molar-refractivity contribution is 5.50. The zero-order chi connectivity index (χ0) is 12.1. The molecule has 7 heteroatoms. The summed E-state index contributed by atoms with van der Waals surface area (Å²) in [4.78, 5) is 8.09. The van der Waals surface area contributed by atoms with E-state index in [9.17, 15) is 0 Å². The van der Waals surface area contributed by atoms with E-state index >= 15 is 0 Å². The molecule has 1 atom stereocenters. The minimum Gasteiger partial charge on any atom is -0.376 e. The number of anilines is 3. The maximum atomic E-state index is 5.59. The van der Waals surface area contributed by atoms with Gasteiger partial charge < -0.3 is 25.8 Å². The zero-order valence-corrected chi connectivity index (χ0v) is 9.77. The van der Waals surface area contributed by atoms with Crippen LogP contribution in [0.2, 0.25) is 0 Å². The van der Waals surface area contributed by atoms with Gasteiger partial charge in [0.1, 0.15) is 11.6 Å². The number of nitrogens with zero attached hydrogens (tertiary/aromatic N) is 2. The fraction of sp³-hybridized carbons (Fsp3) is 0.600. The van der Waals surface area contributed by atoms with Gasteiger partial charge in [0, 0.05) is 19.7 Å². The second-order valence-electron chi connectivity index (χ2n) is 3.70. The maximum absolute atomic E-state index is 5.59. The Labute approximate surface area is 99.7 Å². The first-order valence-electron chi connectivity index (χ1n) is 5.53. The minimum absolute atomic E-state index is 0.0537. The van der Waals surface area contributed by atoms with Crippen molar-refractivity contribution in [3.8, 4) is 0 Å². The van der Waals surface area contributed by atoms with Gasteiger partial charge in [0.25, 0.3) is 0 Å². The highest BCUT2D eigenvalue weighted by atomic mass is 16.6. The molecule has 1 aliphatic rings. The number of nitrogens with one attached hydrogen (secondary N) is 2. The first-order valence-corrected chi connectivity index (χ1v) is 5.53. The molecule has 0 aliphatic carbocycles. The van der Waals surface area contributed by atoms with Crippen molar-refractivity contribution in [2.45, 2.75) is 6.10 Å². The van der Waals surface area contributed by atoms with E-state index in [4.69, 9.17) is 15.2 Å². The summed E-state index contributed by atoms with van der Waals surface area (Å²) in [5, 5.41) is 6.07. The summed E-state index contributed by atoms with van der Waals surface area (Å²) in [5.74, 6) is 1.59. The van der Waals surface area contributed by atoms with Gasteiger partial charge in [-0.05, 0) is 0 Å². The lowest BCUT2D eigenvalue weighted by Crippen LogP contribution is -2.34. The average molecular weight is 239 g/mol. The molecule has 7 nitrogen and oxygen atoms in total. The van der Waals surface area contributed by atoms with Crippen LogP contribution in [0.3, 0.4) is 0 Å². The fourth-order valence-electron chi connectivity index (χ4n) is 1.56. The van der Waals surface area contributed by atoms with Crippen molar-refractivity contribution in [1.82, 2.24) is 9.97 Å². The van der Waals surface area contributed by atoms with Crippen molar-refractivity contribution in [2.24, 2.45) is 0 Å². The Hall–Kier alpha value is -1.60.